The molecule has 0 saturated carbocycles. The molecule has 7 heteroatoms. The molecule has 1 aliphatic carbocycles. The van der Waals surface area contributed by atoms with E-state index < -0.39 is 12.6 Å². The number of nitrogens with zero attached hydrogens (tertiary/aromatic N) is 2. The number of hydrogen-bond donors (Lipinski definition) is 1. The lowest BCUT2D eigenvalue weighted by Crippen LogP contribution is -2.28. The first-order valence-electron chi connectivity index (χ1n) is 9.22. The number of fused-ring (bicyclic) bond motifs is 2. The number of halogens is 2. The molecule has 1 aliphatic rings. The molecule has 3 aromatic rings. The third-order valence-electron chi connectivity index (χ3n) is 5.02. The average Bonchev–Trinajstić information content (AvgIpc) is 3.17. The number of carbonyl (C=O) groups is 1. The van der Waals surface area contributed by atoms with E-state index in [1.54, 1.807) is 31.2 Å². The molecular weight excluding hydrogens is 368 g/mol. The van der Waals surface area contributed by atoms with Gasteiger partial charge in [-0.05, 0) is 56.4 Å². The summed E-state index contributed by atoms with van der Waals surface area (Å²) in [7, 11) is 0. The summed E-state index contributed by atoms with van der Waals surface area (Å²) in [5.41, 5.74) is 2.12. The molecule has 1 aromatic carbocycles. The fourth-order valence-electron chi connectivity index (χ4n) is 3.69. The summed E-state index contributed by atoms with van der Waals surface area (Å²) in [6, 6.07) is 8.11. The Morgan fingerprint density at radius 3 is 2.81 bits per heavy atom. The molecule has 0 spiro atoms. The van der Waals surface area contributed by atoms with Crippen LogP contribution in [0.1, 0.15) is 64.7 Å². The Bertz CT molecular complexity index is 955. The molecule has 1 N–H and O–H groups in total. The first kappa shape index (κ1) is 18.1. The van der Waals surface area contributed by atoms with Crippen molar-refractivity contribution in [2.24, 2.45) is 0 Å². The number of hydrogen-bond acceptors (Lipinski definition) is 3. The second-order valence-corrected chi connectivity index (χ2v) is 8.06. The highest BCUT2D eigenvalue weighted by Crippen LogP contribution is 2.30. The average molecular weight is 389 g/mol. The standard InChI is InChI=1S/C20H21F2N3OS/c1-12(18-24-14-8-5-6-9-15(14)25(18)20(21)22)23-19(26)17-11-13-7-3-2-4-10-16(13)27-17/h5-6,8-9,11-12,20H,2-4,7,10H2,1H3,(H,23,26)/t12-/m0/s1. The Hall–Kier alpha value is -2.28. The molecule has 1 amide bonds. The molecule has 4 nitrogen and oxygen atoms in total. The Morgan fingerprint density at radius 1 is 1.22 bits per heavy atom. The van der Waals surface area contributed by atoms with E-state index in [9.17, 15) is 13.6 Å². The number of alkyl halides is 2. The Morgan fingerprint density at radius 2 is 2.00 bits per heavy atom. The van der Waals surface area contributed by atoms with Crippen molar-refractivity contribution in [1.29, 1.82) is 0 Å². The topological polar surface area (TPSA) is 46.9 Å². The molecule has 142 valence electrons. The van der Waals surface area contributed by atoms with Crippen LogP contribution in [0.25, 0.3) is 11.0 Å². The Kier molecular flexibility index (Phi) is 4.95. The third kappa shape index (κ3) is 3.48. The van der Waals surface area contributed by atoms with Gasteiger partial charge in [0.25, 0.3) is 5.91 Å². The molecule has 27 heavy (non-hydrogen) atoms. The van der Waals surface area contributed by atoms with Gasteiger partial charge in [0, 0.05) is 4.88 Å². The monoisotopic (exact) mass is 389 g/mol. The SMILES string of the molecule is C[C@H](NC(=O)c1cc2c(s1)CCCCC2)c1nc2ccccc2n1C(F)F. The molecule has 0 bridgehead atoms. The van der Waals surface area contributed by atoms with Gasteiger partial charge in [0.15, 0.2) is 0 Å². The Balaban J connectivity index is 1.59. The van der Waals surface area contributed by atoms with Crippen molar-refractivity contribution in [3.05, 3.63) is 51.5 Å². The van der Waals surface area contributed by atoms with Crippen molar-refractivity contribution in [3.8, 4) is 0 Å². The normalized spacial score (nSPS) is 15.6. The lowest BCUT2D eigenvalue weighted by atomic mass is 10.1. The summed E-state index contributed by atoms with van der Waals surface area (Å²) in [5.74, 6) is -0.0638. The van der Waals surface area contributed by atoms with Crippen molar-refractivity contribution < 1.29 is 13.6 Å². The summed E-state index contributed by atoms with van der Waals surface area (Å²) >= 11 is 1.52. The van der Waals surface area contributed by atoms with Gasteiger partial charge in [-0.15, -0.1) is 11.3 Å². The quantitative estimate of drug-likeness (QED) is 0.619. The van der Waals surface area contributed by atoms with Gasteiger partial charge in [0.2, 0.25) is 0 Å². The van der Waals surface area contributed by atoms with Crippen molar-refractivity contribution in [3.63, 3.8) is 0 Å². The van der Waals surface area contributed by atoms with E-state index in [1.807, 2.05) is 6.07 Å². The lowest BCUT2D eigenvalue weighted by molar-refractivity contribution is 0.0688. The molecule has 2 aromatic heterocycles. The third-order valence-corrected chi connectivity index (χ3v) is 6.26. The predicted molar refractivity (Wildman–Crippen MR) is 102 cm³/mol. The summed E-state index contributed by atoms with van der Waals surface area (Å²) in [5, 5.41) is 2.85. The summed E-state index contributed by atoms with van der Waals surface area (Å²) in [6.45, 7) is -1.03. The van der Waals surface area contributed by atoms with E-state index >= 15 is 0 Å². The van der Waals surface area contributed by atoms with Crippen LogP contribution in [0.4, 0.5) is 8.78 Å². The van der Waals surface area contributed by atoms with Crippen LogP contribution < -0.4 is 5.32 Å². The number of carbonyl (C=O) groups excluding carboxylic acids is 1. The number of rotatable bonds is 4. The predicted octanol–water partition coefficient (Wildman–Crippen LogP) is 5.25. The fraction of sp³-hybridized carbons (Fsp3) is 0.400. The molecule has 0 aliphatic heterocycles. The molecule has 1 atom stereocenters. The highest BCUT2D eigenvalue weighted by atomic mass is 32.1. The first-order valence-corrected chi connectivity index (χ1v) is 10.0. The molecule has 0 radical (unpaired) electrons. The maximum atomic E-state index is 13.6. The second kappa shape index (κ2) is 7.38. The smallest absolute Gasteiger partial charge is 0.320 e. The maximum Gasteiger partial charge on any atom is 0.320 e. The van der Waals surface area contributed by atoms with Crippen molar-refractivity contribution in [1.82, 2.24) is 14.9 Å². The van der Waals surface area contributed by atoms with Gasteiger partial charge < -0.3 is 5.32 Å². The van der Waals surface area contributed by atoms with Gasteiger partial charge >= 0.3 is 6.55 Å². The van der Waals surface area contributed by atoms with E-state index in [4.69, 9.17) is 0 Å². The number of aromatic nitrogens is 2. The number of aryl methyl sites for hydroxylation is 2. The number of nitrogens with one attached hydrogen (secondary N) is 1. The van der Waals surface area contributed by atoms with Crippen LogP contribution in [0.5, 0.6) is 0 Å². The molecule has 2 heterocycles. The summed E-state index contributed by atoms with van der Waals surface area (Å²) < 4.78 is 28.1. The minimum absolute atomic E-state index is 0.165. The fourth-order valence-corrected chi connectivity index (χ4v) is 4.84. The van der Waals surface area contributed by atoms with Gasteiger partial charge in [-0.1, -0.05) is 18.6 Å². The number of para-hydroxylation sites is 2. The number of thiophene rings is 1. The van der Waals surface area contributed by atoms with Crippen molar-refractivity contribution >= 4 is 28.3 Å². The van der Waals surface area contributed by atoms with Crippen LogP contribution in [-0.4, -0.2) is 15.5 Å². The van der Waals surface area contributed by atoms with Crippen LogP contribution >= 0.6 is 11.3 Å². The lowest BCUT2D eigenvalue weighted by Gasteiger charge is -2.15. The maximum absolute atomic E-state index is 13.6. The van der Waals surface area contributed by atoms with E-state index in [0.717, 1.165) is 30.3 Å². The van der Waals surface area contributed by atoms with Crippen LogP contribution in [-0.2, 0) is 12.8 Å². The van der Waals surface area contributed by atoms with Crippen LogP contribution in [0.15, 0.2) is 30.3 Å². The van der Waals surface area contributed by atoms with Crippen LogP contribution in [0.2, 0.25) is 0 Å². The minimum atomic E-state index is -2.72. The first-order chi connectivity index (χ1) is 13.0. The van der Waals surface area contributed by atoms with Gasteiger partial charge in [-0.3, -0.25) is 9.36 Å². The summed E-state index contributed by atoms with van der Waals surface area (Å²) in [4.78, 5) is 19.0. The minimum Gasteiger partial charge on any atom is -0.342 e. The molecule has 4 rings (SSSR count). The van der Waals surface area contributed by atoms with Gasteiger partial charge in [0.05, 0.1) is 22.0 Å². The van der Waals surface area contributed by atoms with E-state index in [2.05, 4.69) is 10.3 Å². The van der Waals surface area contributed by atoms with Crippen LogP contribution in [0, 0.1) is 0 Å². The van der Waals surface area contributed by atoms with E-state index in [1.165, 1.54) is 28.2 Å². The zero-order valence-corrected chi connectivity index (χ0v) is 15.9. The summed E-state index contributed by atoms with van der Waals surface area (Å²) in [6.07, 6.45) is 5.56. The van der Waals surface area contributed by atoms with Crippen molar-refractivity contribution in [2.45, 2.75) is 51.6 Å². The number of amides is 1. The highest BCUT2D eigenvalue weighted by Gasteiger charge is 2.24. The van der Waals surface area contributed by atoms with Crippen molar-refractivity contribution in [2.75, 3.05) is 0 Å². The number of benzene rings is 1. The molecule has 0 saturated heterocycles. The Labute approximate surface area is 160 Å². The largest absolute Gasteiger partial charge is 0.342 e. The van der Waals surface area contributed by atoms with E-state index in [0.29, 0.717) is 15.9 Å². The zero-order chi connectivity index (χ0) is 19.0. The zero-order valence-electron chi connectivity index (χ0n) is 15.0. The highest BCUT2D eigenvalue weighted by molar-refractivity contribution is 7.14. The number of imidazole rings is 1. The van der Waals surface area contributed by atoms with E-state index in [-0.39, 0.29) is 11.7 Å². The van der Waals surface area contributed by atoms with Gasteiger partial charge in [-0.25, -0.2) is 4.98 Å². The van der Waals surface area contributed by atoms with Gasteiger partial charge in [-0.2, -0.15) is 8.78 Å². The second-order valence-electron chi connectivity index (χ2n) is 6.92. The molecular formula is C20H21F2N3OS. The van der Waals surface area contributed by atoms with Crippen LogP contribution in [0.3, 0.4) is 0 Å². The molecule has 0 fully saturated rings. The van der Waals surface area contributed by atoms with Gasteiger partial charge in [0.1, 0.15) is 5.82 Å². The molecule has 0 unspecified atom stereocenters.